The first-order chi connectivity index (χ1) is 11.7. The van der Waals surface area contributed by atoms with Crippen LogP contribution < -0.4 is 10.6 Å². The van der Waals surface area contributed by atoms with Crippen LogP contribution in [0.3, 0.4) is 0 Å². The Labute approximate surface area is 142 Å². The average molecular weight is 322 g/mol. The van der Waals surface area contributed by atoms with Gasteiger partial charge in [-0.15, -0.1) is 0 Å². The fourth-order valence-corrected chi connectivity index (χ4v) is 2.27. The van der Waals surface area contributed by atoms with Crippen LogP contribution in [0, 0.1) is 0 Å². The van der Waals surface area contributed by atoms with Crippen molar-refractivity contribution < 1.29 is 9.59 Å². The third kappa shape index (κ3) is 5.72. The minimum absolute atomic E-state index is 0.113. The van der Waals surface area contributed by atoms with Crippen LogP contribution in [0.5, 0.6) is 0 Å². The number of aryl methyl sites for hydroxylation is 1. The third-order valence-electron chi connectivity index (χ3n) is 3.61. The molecule has 0 saturated heterocycles. The van der Waals surface area contributed by atoms with E-state index in [9.17, 15) is 9.59 Å². The van der Waals surface area contributed by atoms with E-state index in [1.807, 2.05) is 30.3 Å². The van der Waals surface area contributed by atoms with E-state index >= 15 is 0 Å². The van der Waals surface area contributed by atoms with E-state index in [0.29, 0.717) is 12.1 Å². The Hall–Kier alpha value is -2.88. The minimum atomic E-state index is -0.123. The van der Waals surface area contributed by atoms with Crippen molar-refractivity contribution in [1.29, 1.82) is 0 Å². The zero-order valence-electron chi connectivity index (χ0n) is 13.8. The molecule has 0 heterocycles. The maximum atomic E-state index is 11.8. The first-order valence-electron chi connectivity index (χ1n) is 8.01. The smallest absolute Gasteiger partial charge is 0.251 e. The molecule has 0 saturated carbocycles. The van der Waals surface area contributed by atoms with Crippen molar-refractivity contribution in [1.82, 2.24) is 10.6 Å². The van der Waals surface area contributed by atoms with Gasteiger partial charge in [-0.3, -0.25) is 9.59 Å². The summed E-state index contributed by atoms with van der Waals surface area (Å²) < 4.78 is 0. The molecule has 2 aromatic carbocycles. The molecule has 0 spiro atoms. The van der Waals surface area contributed by atoms with Crippen LogP contribution in [-0.4, -0.2) is 25.4 Å². The van der Waals surface area contributed by atoms with Gasteiger partial charge in [-0.05, 0) is 42.2 Å². The molecular formula is C20H22N2O2. The summed E-state index contributed by atoms with van der Waals surface area (Å²) in [5, 5.41) is 5.44. The molecule has 2 amide bonds. The van der Waals surface area contributed by atoms with E-state index in [2.05, 4.69) is 22.8 Å². The Morgan fingerprint density at radius 1 is 1.00 bits per heavy atom. The zero-order valence-corrected chi connectivity index (χ0v) is 13.8. The molecule has 0 aliphatic carbocycles. The van der Waals surface area contributed by atoms with Gasteiger partial charge in [0.05, 0.1) is 0 Å². The highest BCUT2D eigenvalue weighted by atomic mass is 16.2. The quantitative estimate of drug-likeness (QED) is 0.608. The fourth-order valence-electron chi connectivity index (χ4n) is 2.27. The van der Waals surface area contributed by atoms with E-state index in [0.717, 1.165) is 18.4 Å². The highest BCUT2D eigenvalue weighted by Gasteiger charge is 2.01. The fraction of sp³-hybridized carbons (Fsp3) is 0.200. The molecule has 0 radical (unpaired) electrons. The molecule has 0 bridgehead atoms. The number of carbonyl (C=O) groups excluding carboxylic acids is 2. The van der Waals surface area contributed by atoms with Crippen molar-refractivity contribution in [3.05, 3.63) is 77.4 Å². The highest BCUT2D eigenvalue weighted by Crippen LogP contribution is 2.06. The predicted octanol–water partition coefficient (Wildman–Crippen LogP) is 2.81. The van der Waals surface area contributed by atoms with Gasteiger partial charge in [-0.2, -0.15) is 0 Å². The topological polar surface area (TPSA) is 58.2 Å². The Morgan fingerprint density at radius 3 is 2.38 bits per heavy atom. The molecule has 0 fully saturated rings. The van der Waals surface area contributed by atoms with Crippen LogP contribution in [-0.2, 0) is 11.2 Å². The van der Waals surface area contributed by atoms with Crippen LogP contribution in [0.4, 0.5) is 0 Å². The van der Waals surface area contributed by atoms with E-state index in [1.54, 1.807) is 25.3 Å². The lowest BCUT2D eigenvalue weighted by molar-refractivity contribution is -0.116. The summed E-state index contributed by atoms with van der Waals surface area (Å²) in [6.07, 6.45) is 5.10. The van der Waals surface area contributed by atoms with Crippen molar-refractivity contribution >= 4 is 17.9 Å². The second-order valence-electron chi connectivity index (χ2n) is 5.41. The standard InChI is InChI=1S/C20H22N2O2/c1-21-20(24)18-12-9-17(10-13-18)11-14-19(23)22-15-5-8-16-6-3-2-4-7-16/h2-4,6-7,9-14H,5,8,15H2,1H3,(H,21,24)(H,22,23)/b14-11+. The molecular weight excluding hydrogens is 300 g/mol. The number of hydrogen-bond donors (Lipinski definition) is 2. The zero-order chi connectivity index (χ0) is 17.2. The number of benzene rings is 2. The molecule has 0 aliphatic heterocycles. The van der Waals surface area contributed by atoms with Crippen LogP contribution in [0.15, 0.2) is 60.7 Å². The summed E-state index contributed by atoms with van der Waals surface area (Å²) in [7, 11) is 1.60. The van der Waals surface area contributed by atoms with Gasteiger partial charge < -0.3 is 10.6 Å². The summed E-state index contributed by atoms with van der Waals surface area (Å²) in [6, 6.07) is 17.3. The average Bonchev–Trinajstić information content (AvgIpc) is 2.64. The Morgan fingerprint density at radius 2 is 1.71 bits per heavy atom. The SMILES string of the molecule is CNC(=O)c1ccc(/C=C/C(=O)NCCCc2ccccc2)cc1. The number of carbonyl (C=O) groups is 2. The third-order valence-corrected chi connectivity index (χ3v) is 3.61. The van der Waals surface area contributed by atoms with Crippen molar-refractivity contribution in [3.8, 4) is 0 Å². The summed E-state index contributed by atoms with van der Waals surface area (Å²) in [6.45, 7) is 0.647. The molecule has 24 heavy (non-hydrogen) atoms. The molecule has 124 valence electrons. The van der Waals surface area contributed by atoms with Crippen LogP contribution in [0.2, 0.25) is 0 Å². The van der Waals surface area contributed by atoms with Gasteiger partial charge in [0.25, 0.3) is 5.91 Å². The second-order valence-corrected chi connectivity index (χ2v) is 5.41. The number of hydrogen-bond acceptors (Lipinski definition) is 2. The summed E-state index contributed by atoms with van der Waals surface area (Å²) in [5.74, 6) is -0.236. The lowest BCUT2D eigenvalue weighted by Crippen LogP contribution is -2.22. The van der Waals surface area contributed by atoms with Crippen LogP contribution >= 0.6 is 0 Å². The summed E-state index contributed by atoms with van der Waals surface area (Å²) in [4.78, 5) is 23.2. The highest BCUT2D eigenvalue weighted by molar-refractivity contribution is 5.94. The van der Waals surface area contributed by atoms with Gasteiger partial charge in [0.15, 0.2) is 0 Å². The molecule has 0 aliphatic rings. The molecule has 2 rings (SSSR count). The van der Waals surface area contributed by atoms with Gasteiger partial charge in [-0.1, -0.05) is 42.5 Å². The molecule has 4 nitrogen and oxygen atoms in total. The molecule has 2 aromatic rings. The summed E-state index contributed by atoms with van der Waals surface area (Å²) in [5.41, 5.74) is 2.75. The molecule has 2 N–H and O–H groups in total. The Balaban J connectivity index is 1.73. The maximum absolute atomic E-state index is 11.8. The van der Waals surface area contributed by atoms with Crippen molar-refractivity contribution in [2.45, 2.75) is 12.8 Å². The molecule has 0 aromatic heterocycles. The first kappa shape index (κ1) is 17.5. The number of rotatable bonds is 7. The van der Waals surface area contributed by atoms with E-state index in [1.165, 1.54) is 11.6 Å². The number of amides is 2. The molecule has 4 heteroatoms. The van der Waals surface area contributed by atoms with Gasteiger partial charge >= 0.3 is 0 Å². The van der Waals surface area contributed by atoms with Crippen LogP contribution in [0.25, 0.3) is 6.08 Å². The lowest BCUT2D eigenvalue weighted by Gasteiger charge is -2.03. The van der Waals surface area contributed by atoms with Gasteiger partial charge in [-0.25, -0.2) is 0 Å². The number of nitrogens with one attached hydrogen (secondary N) is 2. The van der Waals surface area contributed by atoms with Crippen LogP contribution in [0.1, 0.15) is 27.9 Å². The normalized spacial score (nSPS) is 10.5. The van der Waals surface area contributed by atoms with E-state index < -0.39 is 0 Å². The van der Waals surface area contributed by atoms with Gasteiger partial charge in [0.2, 0.25) is 5.91 Å². The maximum Gasteiger partial charge on any atom is 0.251 e. The predicted molar refractivity (Wildman–Crippen MR) is 96.6 cm³/mol. The van der Waals surface area contributed by atoms with Crippen molar-refractivity contribution in [2.75, 3.05) is 13.6 Å². The van der Waals surface area contributed by atoms with Gasteiger partial charge in [0, 0.05) is 25.2 Å². The monoisotopic (exact) mass is 322 g/mol. The van der Waals surface area contributed by atoms with E-state index in [-0.39, 0.29) is 11.8 Å². The first-order valence-corrected chi connectivity index (χ1v) is 8.01. The Bertz CT molecular complexity index is 691. The largest absolute Gasteiger partial charge is 0.355 e. The lowest BCUT2D eigenvalue weighted by atomic mass is 10.1. The molecule has 0 unspecified atom stereocenters. The minimum Gasteiger partial charge on any atom is -0.355 e. The Kier molecular flexibility index (Phi) is 6.77. The van der Waals surface area contributed by atoms with E-state index in [4.69, 9.17) is 0 Å². The van der Waals surface area contributed by atoms with Crippen molar-refractivity contribution in [3.63, 3.8) is 0 Å². The van der Waals surface area contributed by atoms with Gasteiger partial charge in [0.1, 0.15) is 0 Å². The van der Waals surface area contributed by atoms with Crippen molar-refractivity contribution in [2.24, 2.45) is 0 Å². The second kappa shape index (κ2) is 9.30. The molecule has 0 atom stereocenters. The summed E-state index contributed by atoms with van der Waals surface area (Å²) >= 11 is 0.